The van der Waals surface area contributed by atoms with Gasteiger partial charge in [-0.2, -0.15) is 13.1 Å². The Hall–Kier alpha value is -3.59. The summed E-state index contributed by atoms with van der Waals surface area (Å²) in [6.45, 7) is 7.20. The Morgan fingerprint density at radius 1 is 1.04 bits per heavy atom. The predicted octanol–water partition coefficient (Wildman–Crippen LogP) is 3.97. The summed E-state index contributed by atoms with van der Waals surface area (Å²) in [5, 5.41) is 12.3. The molecule has 1 saturated heterocycles. The summed E-state index contributed by atoms with van der Waals surface area (Å²) in [5.41, 5.74) is 2.32. The van der Waals surface area contributed by atoms with Crippen LogP contribution in [0, 0.1) is 11.8 Å². The van der Waals surface area contributed by atoms with Gasteiger partial charge >= 0.3 is 10.2 Å². The molecule has 12 nitrogen and oxygen atoms in total. The normalized spacial score (nSPS) is 20.4. The van der Waals surface area contributed by atoms with Gasteiger partial charge in [0.1, 0.15) is 0 Å². The molecule has 3 aliphatic rings. The zero-order chi connectivity index (χ0) is 35.1. The molecule has 49 heavy (non-hydrogen) atoms. The van der Waals surface area contributed by atoms with Gasteiger partial charge in [0.2, 0.25) is 5.91 Å². The molecular weight excluding hydrogens is 710 g/mol. The first-order valence-electron chi connectivity index (χ1n) is 16.9. The van der Waals surface area contributed by atoms with Gasteiger partial charge in [0, 0.05) is 66.2 Å². The summed E-state index contributed by atoms with van der Waals surface area (Å²) in [7, 11) is -3.87. The standard InChI is InChI=1S/C35H46BrN7O5S/c1-22-6-4-13-37-32(22)19-30(21-38-24(3)33(44)39-20-25-7-8-25)42-35(46)28-16-27(17-31(18-28)43-15-5-14-40-49(43,47)48)34(45)41-23(2)26-9-11-29(36)12-10-26/h4,9-13,16-18,22-25,30,38,40H,5-8,14-15,19-21H2,1-3H3,(H,39,44)(H,41,45)(H,42,46)/t22?,23-,24+,30+/m1/s1. The maximum absolute atomic E-state index is 14.0. The fourth-order valence-corrected chi connectivity index (χ4v) is 7.35. The number of aliphatic imine (C=N–C) groups is 1. The lowest BCUT2D eigenvalue weighted by Crippen LogP contribution is -2.50. The average molecular weight is 757 g/mol. The number of amides is 3. The Morgan fingerprint density at radius 2 is 1.73 bits per heavy atom. The van der Waals surface area contributed by atoms with E-state index in [9.17, 15) is 22.8 Å². The predicted molar refractivity (Wildman–Crippen MR) is 195 cm³/mol. The third-order valence-corrected chi connectivity index (χ3v) is 11.2. The van der Waals surface area contributed by atoms with Gasteiger partial charge in [0.05, 0.1) is 17.8 Å². The lowest BCUT2D eigenvalue weighted by atomic mass is 9.94. The van der Waals surface area contributed by atoms with E-state index in [1.54, 1.807) is 13.1 Å². The number of nitrogens with zero attached hydrogens (tertiary/aromatic N) is 2. The summed E-state index contributed by atoms with van der Waals surface area (Å²) >= 11 is 3.43. The number of rotatable bonds is 14. The summed E-state index contributed by atoms with van der Waals surface area (Å²) in [4.78, 5) is 44.9. The van der Waals surface area contributed by atoms with Crippen molar-refractivity contribution >= 4 is 55.3 Å². The fourth-order valence-electron chi connectivity index (χ4n) is 5.78. The fraction of sp³-hybridized carbons (Fsp3) is 0.486. The lowest BCUT2D eigenvalue weighted by Gasteiger charge is -2.29. The van der Waals surface area contributed by atoms with E-state index in [4.69, 9.17) is 0 Å². The highest BCUT2D eigenvalue weighted by Gasteiger charge is 2.29. The van der Waals surface area contributed by atoms with E-state index in [-0.39, 0.29) is 41.2 Å². The molecular formula is C35H46BrN7O5S. The van der Waals surface area contributed by atoms with Crippen molar-refractivity contribution in [2.45, 2.75) is 71.0 Å². The number of hydrogen-bond donors (Lipinski definition) is 5. The van der Waals surface area contributed by atoms with Crippen LogP contribution in [0.1, 0.15) is 85.2 Å². The van der Waals surface area contributed by atoms with Crippen LogP contribution in [0.15, 0.2) is 64.2 Å². The molecule has 2 aromatic rings. The van der Waals surface area contributed by atoms with Gasteiger partial charge in [-0.3, -0.25) is 23.7 Å². The van der Waals surface area contributed by atoms with Crippen LogP contribution in [0.25, 0.3) is 0 Å². The number of hydrogen-bond acceptors (Lipinski definition) is 7. The monoisotopic (exact) mass is 755 g/mol. The molecule has 1 unspecified atom stereocenters. The molecule has 1 saturated carbocycles. The molecule has 2 heterocycles. The minimum Gasteiger partial charge on any atom is -0.354 e. The van der Waals surface area contributed by atoms with E-state index in [0.29, 0.717) is 38.4 Å². The summed E-state index contributed by atoms with van der Waals surface area (Å²) < 4.78 is 30.6. The average Bonchev–Trinajstić information content (AvgIpc) is 3.91. The Morgan fingerprint density at radius 3 is 2.39 bits per heavy atom. The first kappa shape index (κ1) is 36.7. The molecule has 2 aromatic carbocycles. The van der Waals surface area contributed by atoms with Gasteiger partial charge < -0.3 is 21.3 Å². The van der Waals surface area contributed by atoms with Crippen LogP contribution in [0.3, 0.4) is 0 Å². The molecule has 2 aliphatic heterocycles. The third-order valence-electron chi connectivity index (χ3n) is 9.08. The van der Waals surface area contributed by atoms with E-state index in [1.165, 1.54) is 22.5 Å². The molecule has 5 N–H and O–H groups in total. The zero-order valence-corrected chi connectivity index (χ0v) is 30.6. The number of carbonyl (C=O) groups is 3. The van der Waals surface area contributed by atoms with E-state index in [2.05, 4.69) is 53.8 Å². The second kappa shape index (κ2) is 16.4. The maximum atomic E-state index is 14.0. The van der Waals surface area contributed by atoms with E-state index < -0.39 is 34.1 Å². The van der Waals surface area contributed by atoms with Gasteiger partial charge in [0.15, 0.2) is 0 Å². The minimum atomic E-state index is -3.87. The van der Waals surface area contributed by atoms with Crippen molar-refractivity contribution in [2.75, 3.05) is 30.5 Å². The molecule has 5 rings (SSSR count). The van der Waals surface area contributed by atoms with Crippen LogP contribution in [0.2, 0.25) is 0 Å². The van der Waals surface area contributed by atoms with Crippen molar-refractivity contribution in [3.8, 4) is 0 Å². The topological polar surface area (TPSA) is 161 Å². The van der Waals surface area contributed by atoms with Gasteiger partial charge in [-0.1, -0.05) is 41.1 Å². The Kier molecular flexibility index (Phi) is 12.3. The quantitative estimate of drug-likeness (QED) is 0.196. The van der Waals surface area contributed by atoms with E-state index >= 15 is 0 Å². The Bertz CT molecular complexity index is 1690. The minimum absolute atomic E-state index is 0.0969. The van der Waals surface area contributed by atoms with Gasteiger partial charge in [-0.25, -0.2) is 0 Å². The molecule has 1 aliphatic carbocycles. The van der Waals surface area contributed by atoms with E-state index in [0.717, 1.165) is 35.0 Å². The number of anilines is 1. The van der Waals surface area contributed by atoms with Crippen molar-refractivity contribution in [1.82, 2.24) is 26.0 Å². The van der Waals surface area contributed by atoms with Gasteiger partial charge in [0.25, 0.3) is 11.8 Å². The molecule has 2 fully saturated rings. The van der Waals surface area contributed by atoms with Crippen molar-refractivity contribution in [2.24, 2.45) is 16.8 Å². The van der Waals surface area contributed by atoms with Crippen LogP contribution in [-0.4, -0.2) is 70.1 Å². The summed E-state index contributed by atoms with van der Waals surface area (Å²) in [6, 6.07) is 10.8. The molecule has 0 radical (unpaired) electrons. The highest BCUT2D eigenvalue weighted by Crippen LogP contribution is 2.28. The Balaban J connectivity index is 1.38. The van der Waals surface area contributed by atoms with Crippen LogP contribution < -0.4 is 30.3 Å². The number of benzene rings is 2. The molecule has 264 valence electrons. The third kappa shape index (κ3) is 10.2. The smallest absolute Gasteiger partial charge is 0.301 e. The summed E-state index contributed by atoms with van der Waals surface area (Å²) in [5.74, 6) is -0.275. The zero-order valence-electron chi connectivity index (χ0n) is 28.2. The first-order chi connectivity index (χ1) is 23.4. The molecule has 0 spiro atoms. The van der Waals surface area contributed by atoms with Crippen LogP contribution in [-0.2, 0) is 15.0 Å². The SMILES string of the molecule is CC1CC=CN=C1C[C@@H](CN[C@@H](C)C(=O)NCC1CC1)NC(=O)c1cc(C(=O)N[C@H](C)c2ccc(Br)cc2)cc(N2CCCNS2(=O)=O)c1. The van der Waals surface area contributed by atoms with Gasteiger partial charge in [-0.15, -0.1) is 0 Å². The van der Waals surface area contributed by atoms with Gasteiger partial charge in [-0.05, 0) is 87.3 Å². The van der Waals surface area contributed by atoms with Crippen molar-refractivity contribution in [3.05, 3.63) is 75.9 Å². The highest BCUT2D eigenvalue weighted by atomic mass is 79.9. The van der Waals surface area contributed by atoms with Crippen LogP contribution in [0.5, 0.6) is 0 Å². The highest BCUT2D eigenvalue weighted by molar-refractivity contribution is 9.10. The molecule has 4 atom stereocenters. The largest absolute Gasteiger partial charge is 0.354 e. The Labute approximate surface area is 297 Å². The number of nitrogens with one attached hydrogen (secondary N) is 5. The molecule has 14 heteroatoms. The molecule has 0 aromatic heterocycles. The van der Waals surface area contributed by atoms with Crippen molar-refractivity contribution in [3.63, 3.8) is 0 Å². The van der Waals surface area contributed by atoms with E-state index in [1.807, 2.05) is 37.3 Å². The van der Waals surface area contributed by atoms with Crippen molar-refractivity contribution in [1.29, 1.82) is 0 Å². The van der Waals surface area contributed by atoms with Crippen molar-refractivity contribution < 1.29 is 22.8 Å². The molecule has 0 bridgehead atoms. The maximum Gasteiger partial charge on any atom is 0.301 e. The second-order valence-corrected chi connectivity index (χ2v) is 15.8. The second-order valence-electron chi connectivity index (χ2n) is 13.2. The summed E-state index contributed by atoms with van der Waals surface area (Å²) in [6.07, 6.45) is 7.90. The number of allylic oxidation sites excluding steroid dienone is 1. The number of carbonyl (C=O) groups excluding carboxylic acids is 3. The molecule has 3 amide bonds. The van der Waals surface area contributed by atoms with Crippen LogP contribution in [0.4, 0.5) is 5.69 Å². The lowest BCUT2D eigenvalue weighted by molar-refractivity contribution is -0.122. The first-order valence-corrected chi connectivity index (χ1v) is 19.1. The number of halogens is 1. The van der Waals surface area contributed by atoms with Crippen LogP contribution >= 0.6 is 15.9 Å².